The Balaban J connectivity index is 1.83. The van der Waals surface area contributed by atoms with Gasteiger partial charge >= 0.3 is 0 Å². The maximum atomic E-state index is 13.6. The molecule has 0 aromatic heterocycles. The highest BCUT2D eigenvalue weighted by Gasteiger charge is 2.07. The van der Waals surface area contributed by atoms with Crippen molar-refractivity contribution < 1.29 is 13.9 Å². The molecule has 1 atom stereocenters. The van der Waals surface area contributed by atoms with E-state index in [1.807, 2.05) is 37.3 Å². The third kappa shape index (κ3) is 6.44. The number of rotatable bonds is 8. The number of nitrogens with zero attached hydrogens (tertiary/aromatic N) is 1. The van der Waals surface area contributed by atoms with Gasteiger partial charge in [-0.2, -0.15) is 0 Å². The third-order valence-corrected chi connectivity index (χ3v) is 3.90. The van der Waals surface area contributed by atoms with E-state index in [0.717, 1.165) is 17.7 Å². The van der Waals surface area contributed by atoms with E-state index >= 15 is 0 Å². The minimum atomic E-state index is -0.566. The van der Waals surface area contributed by atoms with Crippen LogP contribution in [0.4, 0.5) is 8.78 Å². The number of aliphatic hydroxyl groups excluding tert-OH is 1. The minimum Gasteiger partial charge on any atom is -0.388 e. The van der Waals surface area contributed by atoms with Crippen molar-refractivity contribution in [3.05, 3.63) is 71.3 Å². The molecule has 6 heteroatoms. The summed E-state index contributed by atoms with van der Waals surface area (Å²) in [5.41, 5.74) is 1.19. The number of nitrogens with one attached hydrogen (secondary N) is 2. The Morgan fingerprint density at radius 2 is 1.88 bits per heavy atom. The summed E-state index contributed by atoms with van der Waals surface area (Å²) in [6.45, 7) is 3.50. The molecule has 0 heterocycles. The summed E-state index contributed by atoms with van der Waals surface area (Å²) < 4.78 is 26.8. The van der Waals surface area contributed by atoms with E-state index in [9.17, 15) is 13.9 Å². The Bertz CT molecular complexity index is 707. The predicted octanol–water partition coefficient (Wildman–Crippen LogP) is 3.19. The van der Waals surface area contributed by atoms with Crippen molar-refractivity contribution in [2.75, 3.05) is 19.6 Å². The number of halogens is 2. The van der Waals surface area contributed by atoms with Gasteiger partial charge < -0.3 is 15.7 Å². The minimum absolute atomic E-state index is 0.327. The molecule has 4 nitrogen and oxygen atoms in total. The maximum Gasteiger partial charge on any atom is 0.191 e. The highest BCUT2D eigenvalue weighted by molar-refractivity contribution is 5.79. The van der Waals surface area contributed by atoms with Crippen LogP contribution in [0.3, 0.4) is 0 Å². The lowest BCUT2D eigenvalue weighted by atomic mass is 10.1. The summed E-state index contributed by atoms with van der Waals surface area (Å²) in [5, 5.41) is 16.4. The maximum absolute atomic E-state index is 13.6. The molecule has 0 aliphatic carbocycles. The average Bonchev–Trinajstić information content (AvgIpc) is 2.65. The van der Waals surface area contributed by atoms with Crippen molar-refractivity contribution in [2.24, 2.45) is 4.99 Å². The van der Waals surface area contributed by atoms with Crippen molar-refractivity contribution in [3.63, 3.8) is 0 Å². The Kier molecular flexibility index (Phi) is 8.02. The van der Waals surface area contributed by atoms with Crippen LogP contribution >= 0.6 is 0 Å². The van der Waals surface area contributed by atoms with Crippen LogP contribution in [0.1, 0.15) is 30.6 Å². The molecule has 0 saturated heterocycles. The molecule has 2 aromatic carbocycles. The van der Waals surface area contributed by atoms with Crippen LogP contribution < -0.4 is 10.6 Å². The Hall–Kier alpha value is -2.47. The van der Waals surface area contributed by atoms with E-state index in [2.05, 4.69) is 15.6 Å². The van der Waals surface area contributed by atoms with E-state index in [1.165, 1.54) is 6.07 Å². The summed E-state index contributed by atoms with van der Waals surface area (Å²) in [7, 11) is 0. The molecule has 26 heavy (non-hydrogen) atoms. The number of hydrogen-bond acceptors (Lipinski definition) is 2. The lowest BCUT2D eigenvalue weighted by Gasteiger charge is -2.13. The third-order valence-electron chi connectivity index (χ3n) is 3.90. The fraction of sp³-hybridized carbons (Fsp3) is 0.350. The monoisotopic (exact) mass is 361 g/mol. The summed E-state index contributed by atoms with van der Waals surface area (Å²) in [4.78, 5) is 4.42. The van der Waals surface area contributed by atoms with Crippen LogP contribution in [0.2, 0.25) is 0 Å². The van der Waals surface area contributed by atoms with E-state index in [0.29, 0.717) is 44.0 Å². The largest absolute Gasteiger partial charge is 0.388 e. The number of aliphatic hydroxyl groups is 1. The molecule has 0 saturated carbocycles. The van der Waals surface area contributed by atoms with Gasteiger partial charge in [0.05, 0.1) is 6.10 Å². The second-order valence-electron chi connectivity index (χ2n) is 5.89. The molecule has 0 radical (unpaired) electrons. The SMILES string of the molecule is CCNC(=NCCC(O)c1ccccc1)NCCc1cc(F)ccc1F. The molecule has 2 rings (SSSR count). The summed E-state index contributed by atoms with van der Waals surface area (Å²) in [6, 6.07) is 12.9. The van der Waals surface area contributed by atoms with E-state index in [-0.39, 0.29) is 0 Å². The Morgan fingerprint density at radius 1 is 1.12 bits per heavy atom. The predicted molar refractivity (Wildman–Crippen MR) is 100 cm³/mol. The van der Waals surface area contributed by atoms with Gasteiger partial charge in [0.2, 0.25) is 0 Å². The Labute approximate surface area is 153 Å². The van der Waals surface area contributed by atoms with E-state index in [1.54, 1.807) is 0 Å². The lowest BCUT2D eigenvalue weighted by molar-refractivity contribution is 0.170. The van der Waals surface area contributed by atoms with Gasteiger partial charge in [0.1, 0.15) is 11.6 Å². The number of aliphatic imine (C=N–C) groups is 1. The number of hydrogen-bond donors (Lipinski definition) is 3. The molecule has 140 valence electrons. The van der Waals surface area contributed by atoms with Gasteiger partial charge in [-0.05, 0) is 49.1 Å². The molecule has 0 amide bonds. The quantitative estimate of drug-likeness (QED) is 0.500. The van der Waals surface area contributed by atoms with Gasteiger partial charge in [-0.15, -0.1) is 0 Å². The van der Waals surface area contributed by atoms with Crippen LogP contribution in [0.15, 0.2) is 53.5 Å². The van der Waals surface area contributed by atoms with Crippen molar-refractivity contribution in [3.8, 4) is 0 Å². The molecule has 0 bridgehead atoms. The molecule has 0 spiro atoms. The second kappa shape index (κ2) is 10.5. The first-order valence-corrected chi connectivity index (χ1v) is 8.79. The average molecular weight is 361 g/mol. The van der Waals surface area contributed by atoms with Crippen molar-refractivity contribution in [2.45, 2.75) is 25.9 Å². The van der Waals surface area contributed by atoms with Crippen molar-refractivity contribution in [1.29, 1.82) is 0 Å². The van der Waals surface area contributed by atoms with Crippen LogP contribution in [0.25, 0.3) is 0 Å². The normalized spacial score (nSPS) is 12.7. The molecule has 2 aromatic rings. The van der Waals surface area contributed by atoms with E-state index < -0.39 is 17.7 Å². The molecular weight excluding hydrogens is 336 g/mol. The first kappa shape index (κ1) is 19.8. The number of benzene rings is 2. The van der Waals surface area contributed by atoms with Crippen LogP contribution in [-0.2, 0) is 6.42 Å². The molecule has 0 aliphatic heterocycles. The Morgan fingerprint density at radius 3 is 2.62 bits per heavy atom. The zero-order valence-electron chi connectivity index (χ0n) is 14.9. The summed E-state index contributed by atoms with van der Waals surface area (Å²) in [5.74, 6) is -0.275. The summed E-state index contributed by atoms with van der Waals surface area (Å²) in [6.07, 6.45) is 0.281. The lowest BCUT2D eigenvalue weighted by Crippen LogP contribution is -2.38. The van der Waals surface area contributed by atoms with Gasteiger partial charge in [-0.3, -0.25) is 4.99 Å². The van der Waals surface area contributed by atoms with E-state index in [4.69, 9.17) is 0 Å². The first-order valence-electron chi connectivity index (χ1n) is 8.79. The van der Waals surface area contributed by atoms with Gasteiger partial charge in [0.25, 0.3) is 0 Å². The van der Waals surface area contributed by atoms with Crippen molar-refractivity contribution in [1.82, 2.24) is 10.6 Å². The fourth-order valence-electron chi connectivity index (χ4n) is 2.53. The smallest absolute Gasteiger partial charge is 0.191 e. The highest BCUT2D eigenvalue weighted by atomic mass is 19.1. The highest BCUT2D eigenvalue weighted by Crippen LogP contribution is 2.15. The molecule has 1 unspecified atom stereocenters. The van der Waals surface area contributed by atoms with Crippen LogP contribution in [0, 0.1) is 11.6 Å². The fourth-order valence-corrected chi connectivity index (χ4v) is 2.53. The van der Waals surface area contributed by atoms with Crippen molar-refractivity contribution >= 4 is 5.96 Å². The summed E-state index contributed by atoms with van der Waals surface area (Å²) >= 11 is 0. The molecule has 0 fully saturated rings. The van der Waals surface area contributed by atoms with Gasteiger partial charge in [0, 0.05) is 19.6 Å². The molecular formula is C20H25F2N3O. The van der Waals surface area contributed by atoms with Gasteiger partial charge in [-0.1, -0.05) is 30.3 Å². The zero-order chi connectivity index (χ0) is 18.8. The zero-order valence-corrected chi connectivity index (χ0v) is 14.9. The van der Waals surface area contributed by atoms with Crippen LogP contribution in [-0.4, -0.2) is 30.7 Å². The molecule has 0 aliphatic rings. The van der Waals surface area contributed by atoms with Gasteiger partial charge in [0.15, 0.2) is 5.96 Å². The van der Waals surface area contributed by atoms with Gasteiger partial charge in [-0.25, -0.2) is 8.78 Å². The first-order chi connectivity index (χ1) is 12.6. The number of guanidine groups is 1. The topological polar surface area (TPSA) is 56.7 Å². The second-order valence-corrected chi connectivity index (χ2v) is 5.89. The van der Waals surface area contributed by atoms with Crippen LogP contribution in [0.5, 0.6) is 0 Å². The molecule has 3 N–H and O–H groups in total. The standard InChI is InChI=1S/C20H25F2N3O/c1-2-23-20(24-12-10-16-14-17(21)8-9-18(16)22)25-13-11-19(26)15-6-4-3-5-7-15/h3-9,14,19,26H,2,10-13H2,1H3,(H2,23,24,25).